The van der Waals surface area contributed by atoms with Crippen molar-refractivity contribution in [3.63, 3.8) is 0 Å². The Labute approximate surface area is 127 Å². The maximum absolute atomic E-state index is 14.3. The number of halogens is 2. The number of benzene rings is 1. The highest BCUT2D eigenvalue weighted by atomic mass is 35.5. The summed E-state index contributed by atoms with van der Waals surface area (Å²) in [6.45, 7) is 1.96. The number of hydrogen-bond donors (Lipinski definition) is 1. The number of anilines is 1. The summed E-state index contributed by atoms with van der Waals surface area (Å²) in [5, 5.41) is 2.09. The molecule has 1 unspecified atom stereocenters. The first kappa shape index (κ1) is 14.1. The van der Waals surface area contributed by atoms with Gasteiger partial charge in [-0.25, -0.2) is 4.39 Å². The molecule has 2 aromatic rings. The predicted molar refractivity (Wildman–Crippen MR) is 79.1 cm³/mol. The first-order valence-electron chi connectivity index (χ1n) is 6.92. The van der Waals surface area contributed by atoms with Crippen LogP contribution in [0.2, 0.25) is 0 Å². The van der Waals surface area contributed by atoms with Crippen molar-refractivity contribution in [2.75, 3.05) is 5.32 Å². The molecule has 1 aliphatic heterocycles. The van der Waals surface area contributed by atoms with Crippen LogP contribution in [-0.2, 0) is 17.6 Å². The van der Waals surface area contributed by atoms with Crippen LogP contribution in [0.1, 0.15) is 41.2 Å². The molecule has 0 saturated heterocycles. The molecule has 1 aromatic carbocycles. The highest BCUT2D eigenvalue weighted by Gasteiger charge is 2.23. The van der Waals surface area contributed by atoms with Crippen molar-refractivity contribution < 1.29 is 13.6 Å². The van der Waals surface area contributed by atoms with Gasteiger partial charge in [0, 0.05) is 29.7 Å². The van der Waals surface area contributed by atoms with Gasteiger partial charge < -0.3 is 9.73 Å². The maximum Gasteiger partial charge on any atom is 0.224 e. The monoisotopic (exact) mass is 307 g/mol. The topological polar surface area (TPSA) is 42.2 Å². The molecule has 1 N–H and O–H groups in total. The fraction of sp³-hybridized carbons (Fsp3) is 0.312. The zero-order valence-electron chi connectivity index (χ0n) is 11.6. The molecule has 1 aromatic heterocycles. The van der Waals surface area contributed by atoms with E-state index in [0.29, 0.717) is 30.5 Å². The largest absolute Gasteiger partial charge is 0.469 e. The minimum Gasteiger partial charge on any atom is -0.469 e. The van der Waals surface area contributed by atoms with Crippen molar-refractivity contribution in [1.82, 2.24) is 0 Å². The number of carbonyl (C=O) groups excluding carboxylic acids is 1. The molecular formula is C16H15ClFNO2. The Morgan fingerprint density at radius 2 is 2.19 bits per heavy atom. The summed E-state index contributed by atoms with van der Waals surface area (Å²) >= 11 is 6.45. The van der Waals surface area contributed by atoms with Crippen LogP contribution in [-0.4, -0.2) is 5.91 Å². The Bertz CT molecular complexity index is 696. The first-order valence-corrected chi connectivity index (χ1v) is 7.36. The lowest BCUT2D eigenvalue weighted by molar-refractivity contribution is -0.116. The standard InChI is InChI=1S/C16H15ClFNO2/c1-2-14-10(5-6-21-14)16(17)11-7-9-3-4-15(20)19-13(9)8-12(11)18/h5-8,16H,2-4H2,1H3,(H,19,20). The number of amides is 1. The number of fused-ring (bicyclic) bond motifs is 1. The van der Waals surface area contributed by atoms with E-state index >= 15 is 0 Å². The zero-order chi connectivity index (χ0) is 15.0. The van der Waals surface area contributed by atoms with Gasteiger partial charge in [-0.2, -0.15) is 0 Å². The smallest absolute Gasteiger partial charge is 0.224 e. The first-order chi connectivity index (χ1) is 10.1. The molecule has 1 amide bonds. The van der Waals surface area contributed by atoms with Crippen LogP contribution in [0.25, 0.3) is 0 Å². The Morgan fingerprint density at radius 1 is 1.38 bits per heavy atom. The van der Waals surface area contributed by atoms with Crippen molar-refractivity contribution >= 4 is 23.2 Å². The quantitative estimate of drug-likeness (QED) is 0.864. The molecule has 0 bridgehead atoms. The van der Waals surface area contributed by atoms with Crippen LogP contribution >= 0.6 is 11.6 Å². The number of carbonyl (C=O) groups is 1. The SMILES string of the molecule is CCc1occc1C(Cl)c1cc2c(cc1F)NC(=O)CC2. The van der Waals surface area contributed by atoms with Gasteiger partial charge in [0.2, 0.25) is 5.91 Å². The molecule has 21 heavy (non-hydrogen) atoms. The minimum absolute atomic E-state index is 0.0832. The molecule has 2 heterocycles. The summed E-state index contributed by atoms with van der Waals surface area (Å²) in [5.41, 5.74) is 2.66. The van der Waals surface area contributed by atoms with Crippen LogP contribution in [0.3, 0.4) is 0 Å². The van der Waals surface area contributed by atoms with Gasteiger partial charge in [-0.05, 0) is 30.2 Å². The van der Waals surface area contributed by atoms with Gasteiger partial charge in [-0.3, -0.25) is 4.79 Å². The normalized spacial score (nSPS) is 15.5. The molecule has 110 valence electrons. The predicted octanol–water partition coefficient (Wildman–Crippen LogP) is 4.19. The molecule has 0 fully saturated rings. The van der Waals surface area contributed by atoms with Gasteiger partial charge in [-0.1, -0.05) is 6.92 Å². The van der Waals surface area contributed by atoms with Crippen LogP contribution in [0.5, 0.6) is 0 Å². The third-order valence-corrected chi connectivity index (χ3v) is 4.24. The third-order valence-electron chi connectivity index (χ3n) is 3.77. The van der Waals surface area contributed by atoms with Crippen molar-refractivity contribution in [3.05, 3.63) is 52.7 Å². The summed E-state index contributed by atoms with van der Waals surface area (Å²) in [6, 6.07) is 4.87. The second kappa shape index (κ2) is 5.53. The summed E-state index contributed by atoms with van der Waals surface area (Å²) in [6.07, 6.45) is 3.29. The summed E-state index contributed by atoms with van der Waals surface area (Å²) < 4.78 is 19.7. The van der Waals surface area contributed by atoms with E-state index in [-0.39, 0.29) is 5.91 Å². The van der Waals surface area contributed by atoms with Gasteiger partial charge in [-0.15, -0.1) is 11.6 Å². The number of aryl methyl sites for hydroxylation is 2. The Balaban J connectivity index is 2.01. The third kappa shape index (κ3) is 2.56. The number of furan rings is 1. The Morgan fingerprint density at radius 3 is 2.95 bits per heavy atom. The lowest BCUT2D eigenvalue weighted by Crippen LogP contribution is -2.19. The van der Waals surface area contributed by atoms with Crippen molar-refractivity contribution in [2.24, 2.45) is 0 Å². The molecule has 1 aliphatic rings. The van der Waals surface area contributed by atoms with Gasteiger partial charge in [0.05, 0.1) is 11.6 Å². The summed E-state index contributed by atoms with van der Waals surface area (Å²) in [5.74, 6) is 0.264. The number of hydrogen-bond acceptors (Lipinski definition) is 2. The van der Waals surface area contributed by atoms with Crippen molar-refractivity contribution in [2.45, 2.75) is 31.6 Å². The van der Waals surface area contributed by atoms with E-state index in [1.54, 1.807) is 18.4 Å². The molecular weight excluding hydrogens is 293 g/mol. The highest BCUT2D eigenvalue weighted by molar-refractivity contribution is 6.22. The van der Waals surface area contributed by atoms with E-state index in [4.69, 9.17) is 16.0 Å². The number of alkyl halides is 1. The van der Waals surface area contributed by atoms with Crippen LogP contribution in [0.15, 0.2) is 28.9 Å². The summed E-state index contributed by atoms with van der Waals surface area (Å²) in [7, 11) is 0. The zero-order valence-corrected chi connectivity index (χ0v) is 12.3. The van der Waals surface area contributed by atoms with Gasteiger partial charge in [0.1, 0.15) is 11.6 Å². The molecule has 5 heteroatoms. The molecule has 0 radical (unpaired) electrons. The second-order valence-corrected chi connectivity index (χ2v) is 5.53. The van der Waals surface area contributed by atoms with Crippen molar-refractivity contribution in [1.29, 1.82) is 0 Å². The number of rotatable bonds is 3. The Kier molecular flexibility index (Phi) is 3.72. The van der Waals surface area contributed by atoms with E-state index in [9.17, 15) is 9.18 Å². The molecule has 1 atom stereocenters. The van der Waals surface area contributed by atoms with E-state index in [2.05, 4.69) is 5.32 Å². The lowest BCUT2D eigenvalue weighted by atomic mass is 9.96. The Hall–Kier alpha value is -1.81. The fourth-order valence-electron chi connectivity index (χ4n) is 2.65. The minimum atomic E-state index is -0.596. The van der Waals surface area contributed by atoms with E-state index < -0.39 is 11.2 Å². The van der Waals surface area contributed by atoms with Gasteiger partial charge >= 0.3 is 0 Å². The van der Waals surface area contributed by atoms with Gasteiger partial charge in [0.15, 0.2) is 0 Å². The van der Waals surface area contributed by atoms with Gasteiger partial charge in [0.25, 0.3) is 0 Å². The van der Waals surface area contributed by atoms with Crippen LogP contribution in [0.4, 0.5) is 10.1 Å². The molecule has 0 saturated carbocycles. The average Bonchev–Trinajstić information content (AvgIpc) is 2.94. The molecule has 3 rings (SSSR count). The van der Waals surface area contributed by atoms with Crippen molar-refractivity contribution in [3.8, 4) is 0 Å². The molecule has 0 spiro atoms. The maximum atomic E-state index is 14.3. The average molecular weight is 308 g/mol. The van der Waals surface area contributed by atoms with E-state index in [0.717, 1.165) is 16.9 Å². The van der Waals surface area contributed by atoms with E-state index in [1.165, 1.54) is 6.07 Å². The lowest BCUT2D eigenvalue weighted by Gasteiger charge is -2.20. The fourth-order valence-corrected chi connectivity index (χ4v) is 3.01. The molecule has 0 aliphatic carbocycles. The second-order valence-electron chi connectivity index (χ2n) is 5.09. The van der Waals surface area contributed by atoms with E-state index in [1.807, 2.05) is 6.92 Å². The highest BCUT2D eigenvalue weighted by Crippen LogP contribution is 2.36. The van der Waals surface area contributed by atoms with Crippen LogP contribution < -0.4 is 5.32 Å². The summed E-state index contributed by atoms with van der Waals surface area (Å²) in [4.78, 5) is 11.4. The van der Waals surface area contributed by atoms with Crippen LogP contribution in [0, 0.1) is 5.82 Å². The molecule has 3 nitrogen and oxygen atoms in total. The number of nitrogens with one attached hydrogen (secondary N) is 1.